The Balaban J connectivity index is 1.82. The second-order valence-corrected chi connectivity index (χ2v) is 14.0. The quantitative estimate of drug-likeness (QED) is 0.137. The molecule has 0 aliphatic carbocycles. The number of hydrogen-bond acceptors (Lipinski definition) is 4. The lowest BCUT2D eigenvalue weighted by Crippen LogP contribution is -2.53. The maximum absolute atomic E-state index is 14.6. The molecule has 1 N–H and O–H groups in total. The predicted molar refractivity (Wildman–Crippen MR) is 186 cm³/mol. The van der Waals surface area contributed by atoms with E-state index in [1.807, 2.05) is 44.2 Å². The van der Waals surface area contributed by atoms with Crippen LogP contribution >= 0.6 is 34.8 Å². The van der Waals surface area contributed by atoms with Crippen LogP contribution in [-0.4, -0.2) is 44.3 Å². The second-order valence-electron chi connectivity index (χ2n) is 10.9. The van der Waals surface area contributed by atoms with Crippen molar-refractivity contribution in [1.82, 2.24) is 10.2 Å². The Morgan fingerprint density at radius 2 is 1.46 bits per heavy atom. The number of halogens is 3. The third-order valence-corrected chi connectivity index (χ3v) is 10.2. The molecule has 0 saturated heterocycles. The zero-order valence-corrected chi connectivity index (χ0v) is 28.7. The Morgan fingerprint density at radius 3 is 2.07 bits per heavy atom. The van der Waals surface area contributed by atoms with Crippen LogP contribution in [-0.2, 0) is 32.6 Å². The van der Waals surface area contributed by atoms with E-state index in [2.05, 4.69) is 5.32 Å². The number of hydrogen-bond donors (Lipinski definition) is 1. The molecule has 46 heavy (non-hydrogen) atoms. The number of carbonyl (C=O) groups excluding carboxylic acids is 2. The Kier molecular flexibility index (Phi) is 12.5. The number of benzene rings is 4. The van der Waals surface area contributed by atoms with Crippen molar-refractivity contribution >= 4 is 62.3 Å². The van der Waals surface area contributed by atoms with Crippen molar-refractivity contribution in [1.29, 1.82) is 0 Å². The van der Waals surface area contributed by atoms with Crippen molar-refractivity contribution < 1.29 is 18.0 Å². The number of nitrogens with zero attached hydrogens (tertiary/aromatic N) is 2. The number of nitrogens with one attached hydrogen (secondary N) is 1. The van der Waals surface area contributed by atoms with E-state index < -0.39 is 28.5 Å². The van der Waals surface area contributed by atoms with E-state index in [4.69, 9.17) is 34.8 Å². The molecular formula is C35H36Cl3N3O4S. The molecule has 1 unspecified atom stereocenters. The summed E-state index contributed by atoms with van der Waals surface area (Å²) in [6.45, 7) is 3.61. The summed E-state index contributed by atoms with van der Waals surface area (Å²) in [5.41, 5.74) is 2.48. The fourth-order valence-electron chi connectivity index (χ4n) is 4.89. The van der Waals surface area contributed by atoms with Crippen molar-refractivity contribution in [2.45, 2.75) is 50.6 Å². The first-order valence-electron chi connectivity index (χ1n) is 14.9. The van der Waals surface area contributed by atoms with Gasteiger partial charge < -0.3 is 10.2 Å². The molecule has 7 nitrogen and oxygen atoms in total. The van der Waals surface area contributed by atoms with Crippen LogP contribution < -0.4 is 9.62 Å². The molecular weight excluding hydrogens is 665 g/mol. The molecule has 0 aliphatic rings. The fraction of sp³-hybridized carbons (Fsp3) is 0.257. The Bertz CT molecular complexity index is 1720. The summed E-state index contributed by atoms with van der Waals surface area (Å²) < 4.78 is 29.3. The van der Waals surface area contributed by atoms with Crippen LogP contribution in [0.1, 0.15) is 36.5 Å². The van der Waals surface area contributed by atoms with E-state index in [0.717, 1.165) is 28.3 Å². The Labute approximate surface area is 286 Å². The SMILES string of the molecule is CCCCNC(=O)C(Cc1ccccc1)N(Cc1c(Cl)cccc1Cl)C(=O)CN(c1ccc(C)cc1)S(=O)(=O)c1ccc(Cl)cc1. The van der Waals surface area contributed by atoms with Crippen LogP contribution in [0.5, 0.6) is 0 Å². The van der Waals surface area contributed by atoms with Crippen LogP contribution in [0.25, 0.3) is 0 Å². The van der Waals surface area contributed by atoms with E-state index in [1.165, 1.54) is 29.2 Å². The van der Waals surface area contributed by atoms with Gasteiger partial charge in [-0.05, 0) is 67.4 Å². The average Bonchev–Trinajstić information content (AvgIpc) is 3.04. The number of aryl methyl sites for hydroxylation is 1. The molecule has 0 saturated carbocycles. The highest BCUT2D eigenvalue weighted by atomic mass is 35.5. The topological polar surface area (TPSA) is 86.8 Å². The summed E-state index contributed by atoms with van der Waals surface area (Å²) in [5, 5.41) is 3.97. The molecule has 2 amide bonds. The molecule has 242 valence electrons. The minimum atomic E-state index is -4.25. The number of anilines is 1. The molecule has 4 aromatic rings. The number of sulfonamides is 1. The number of amides is 2. The van der Waals surface area contributed by atoms with Gasteiger partial charge in [-0.25, -0.2) is 8.42 Å². The maximum atomic E-state index is 14.6. The molecule has 4 aromatic carbocycles. The molecule has 11 heteroatoms. The third kappa shape index (κ3) is 9.04. The van der Waals surface area contributed by atoms with Gasteiger partial charge in [-0.15, -0.1) is 0 Å². The van der Waals surface area contributed by atoms with Crippen molar-refractivity contribution in [3.05, 3.63) is 129 Å². The van der Waals surface area contributed by atoms with Crippen LogP contribution in [0.4, 0.5) is 5.69 Å². The third-order valence-electron chi connectivity index (χ3n) is 7.49. The molecule has 0 spiro atoms. The van der Waals surface area contributed by atoms with Gasteiger partial charge in [0, 0.05) is 40.1 Å². The standard InChI is InChI=1S/C35H36Cl3N3O4S/c1-3-4-21-39-35(43)33(22-26-9-6-5-7-10-26)40(23-30-31(37)11-8-12-32(30)38)34(42)24-41(28-17-13-25(2)14-18-28)46(44,45)29-19-15-27(36)16-20-29/h5-20,33H,3-4,21-24H2,1-2H3,(H,39,43). The molecule has 1 atom stereocenters. The Hall–Kier alpha value is -3.56. The van der Waals surface area contributed by atoms with Gasteiger partial charge in [0.15, 0.2) is 0 Å². The van der Waals surface area contributed by atoms with Gasteiger partial charge in [0.05, 0.1) is 10.6 Å². The predicted octanol–water partition coefficient (Wildman–Crippen LogP) is 7.71. The largest absolute Gasteiger partial charge is 0.354 e. The average molecular weight is 701 g/mol. The minimum absolute atomic E-state index is 0.0379. The smallest absolute Gasteiger partial charge is 0.264 e. The first kappa shape index (κ1) is 35.3. The van der Waals surface area contributed by atoms with Crippen molar-refractivity contribution in [3.63, 3.8) is 0 Å². The molecule has 0 radical (unpaired) electrons. The monoisotopic (exact) mass is 699 g/mol. The van der Waals surface area contributed by atoms with E-state index in [1.54, 1.807) is 42.5 Å². The van der Waals surface area contributed by atoms with Gasteiger partial charge >= 0.3 is 0 Å². The molecule has 4 rings (SSSR count). The summed E-state index contributed by atoms with van der Waals surface area (Å²) in [4.78, 5) is 29.7. The molecule has 0 fully saturated rings. The highest BCUT2D eigenvalue weighted by Gasteiger charge is 2.35. The zero-order valence-electron chi connectivity index (χ0n) is 25.6. The molecule has 0 bridgehead atoms. The second kappa shape index (κ2) is 16.3. The van der Waals surface area contributed by atoms with Crippen LogP contribution in [0.15, 0.2) is 102 Å². The van der Waals surface area contributed by atoms with Crippen LogP contribution in [0.2, 0.25) is 15.1 Å². The van der Waals surface area contributed by atoms with Crippen molar-refractivity contribution in [2.75, 3.05) is 17.4 Å². The highest BCUT2D eigenvalue weighted by molar-refractivity contribution is 7.92. The molecule has 0 aromatic heterocycles. The van der Waals surface area contributed by atoms with Gasteiger partial charge in [0.1, 0.15) is 12.6 Å². The van der Waals surface area contributed by atoms with Gasteiger partial charge in [-0.2, -0.15) is 0 Å². The number of unbranched alkanes of at least 4 members (excludes halogenated alkanes) is 1. The fourth-order valence-corrected chi connectivity index (χ4v) is 6.94. The lowest BCUT2D eigenvalue weighted by molar-refractivity contribution is -0.140. The van der Waals surface area contributed by atoms with E-state index in [9.17, 15) is 18.0 Å². The summed E-state index contributed by atoms with van der Waals surface area (Å²) in [6.07, 6.45) is 1.81. The van der Waals surface area contributed by atoms with Gasteiger partial charge in [0.25, 0.3) is 10.0 Å². The molecule has 0 aliphatic heterocycles. The van der Waals surface area contributed by atoms with Gasteiger partial charge in [0.2, 0.25) is 11.8 Å². The summed E-state index contributed by atoms with van der Waals surface area (Å²) in [7, 11) is -4.25. The van der Waals surface area contributed by atoms with Crippen molar-refractivity contribution in [3.8, 4) is 0 Å². The number of carbonyl (C=O) groups is 2. The lowest BCUT2D eigenvalue weighted by Gasteiger charge is -2.34. The lowest BCUT2D eigenvalue weighted by atomic mass is 10.0. The highest BCUT2D eigenvalue weighted by Crippen LogP contribution is 2.29. The first-order chi connectivity index (χ1) is 22.0. The Morgan fingerprint density at radius 1 is 0.826 bits per heavy atom. The summed E-state index contributed by atoms with van der Waals surface area (Å²) in [5.74, 6) is -0.975. The van der Waals surface area contributed by atoms with Gasteiger partial charge in [-0.3, -0.25) is 13.9 Å². The van der Waals surface area contributed by atoms with Crippen LogP contribution in [0.3, 0.4) is 0 Å². The van der Waals surface area contributed by atoms with E-state index >= 15 is 0 Å². The first-order valence-corrected chi connectivity index (χ1v) is 17.5. The zero-order chi connectivity index (χ0) is 33.3. The maximum Gasteiger partial charge on any atom is 0.264 e. The van der Waals surface area contributed by atoms with Crippen LogP contribution in [0, 0.1) is 6.92 Å². The summed E-state index contributed by atoms with van der Waals surface area (Å²) in [6, 6.07) is 25.9. The normalized spacial score (nSPS) is 11.9. The summed E-state index contributed by atoms with van der Waals surface area (Å²) >= 11 is 19.2. The molecule has 0 heterocycles. The van der Waals surface area contributed by atoms with E-state index in [0.29, 0.717) is 27.2 Å². The van der Waals surface area contributed by atoms with Gasteiger partial charge in [-0.1, -0.05) is 102 Å². The van der Waals surface area contributed by atoms with E-state index in [-0.39, 0.29) is 29.5 Å². The number of rotatable bonds is 14. The minimum Gasteiger partial charge on any atom is -0.354 e. The van der Waals surface area contributed by atoms with Crippen molar-refractivity contribution in [2.24, 2.45) is 0 Å².